The summed E-state index contributed by atoms with van der Waals surface area (Å²) in [5.41, 5.74) is 2.53. The third kappa shape index (κ3) is 3.78. The number of hydrogen-bond donors (Lipinski definition) is 2. The molecule has 156 valence electrons. The Labute approximate surface area is 172 Å². The van der Waals surface area contributed by atoms with Crippen LogP contribution in [0.3, 0.4) is 0 Å². The fourth-order valence-corrected chi connectivity index (χ4v) is 5.67. The molecule has 1 aromatic carbocycles. The molecule has 2 aliphatic rings. The lowest BCUT2D eigenvalue weighted by molar-refractivity contribution is 0.0708. The molecule has 4 rings (SSSR count). The minimum atomic E-state index is -0.163. The Morgan fingerprint density at radius 3 is 2.83 bits per heavy atom. The lowest BCUT2D eigenvalue weighted by atomic mass is 9.65. The Balaban J connectivity index is 1.59. The Morgan fingerprint density at radius 1 is 1.28 bits per heavy atom. The van der Waals surface area contributed by atoms with Crippen LogP contribution in [0.1, 0.15) is 60.7 Å². The molecule has 2 amide bonds. The molecule has 0 spiro atoms. The first-order chi connectivity index (χ1) is 13.7. The van der Waals surface area contributed by atoms with Crippen LogP contribution < -0.4 is 5.32 Å². The maximum absolute atomic E-state index is 13.4. The second-order valence-electron chi connectivity index (χ2n) is 9.86. The summed E-state index contributed by atoms with van der Waals surface area (Å²) in [6.07, 6.45) is 4.99. The second-order valence-corrected chi connectivity index (χ2v) is 9.86. The van der Waals surface area contributed by atoms with Gasteiger partial charge >= 0.3 is 0 Å². The number of hydrogen-bond acceptors (Lipinski definition) is 3. The number of likely N-dealkylation sites (tertiary alicyclic amines) is 1. The van der Waals surface area contributed by atoms with Crippen LogP contribution in [0.4, 0.5) is 0 Å². The van der Waals surface area contributed by atoms with Crippen molar-refractivity contribution in [2.24, 2.45) is 10.8 Å². The van der Waals surface area contributed by atoms with Crippen LogP contribution in [0, 0.1) is 10.8 Å². The van der Waals surface area contributed by atoms with Crippen molar-refractivity contribution in [3.8, 4) is 0 Å². The predicted molar refractivity (Wildman–Crippen MR) is 113 cm³/mol. The molecule has 2 bridgehead atoms. The maximum Gasteiger partial charge on any atom is 0.254 e. The summed E-state index contributed by atoms with van der Waals surface area (Å²) in [6.45, 7) is 8.66. The van der Waals surface area contributed by atoms with Gasteiger partial charge in [0.25, 0.3) is 11.8 Å². The fraction of sp³-hybridized carbons (Fsp3) is 0.565. The van der Waals surface area contributed by atoms with E-state index in [1.165, 1.54) is 0 Å². The maximum atomic E-state index is 13.4. The molecule has 6 heteroatoms. The van der Waals surface area contributed by atoms with Gasteiger partial charge in [-0.2, -0.15) is 0 Å². The van der Waals surface area contributed by atoms with Gasteiger partial charge in [-0.25, -0.2) is 0 Å². The van der Waals surface area contributed by atoms with Crippen molar-refractivity contribution in [2.75, 3.05) is 26.8 Å². The number of rotatable bonds is 5. The van der Waals surface area contributed by atoms with Gasteiger partial charge in [0.1, 0.15) is 0 Å². The first-order valence-corrected chi connectivity index (χ1v) is 10.4. The van der Waals surface area contributed by atoms with Crippen molar-refractivity contribution >= 4 is 22.7 Å². The van der Waals surface area contributed by atoms with Crippen LogP contribution in [0.15, 0.2) is 24.4 Å². The van der Waals surface area contributed by atoms with Crippen molar-refractivity contribution in [1.29, 1.82) is 0 Å². The van der Waals surface area contributed by atoms with Crippen LogP contribution in [0.25, 0.3) is 10.9 Å². The van der Waals surface area contributed by atoms with Crippen LogP contribution >= 0.6 is 0 Å². The zero-order valence-corrected chi connectivity index (χ0v) is 17.8. The number of fused-ring (bicyclic) bond motifs is 3. The topological polar surface area (TPSA) is 74.4 Å². The van der Waals surface area contributed by atoms with E-state index in [1.807, 2.05) is 18.2 Å². The van der Waals surface area contributed by atoms with Gasteiger partial charge in [-0.15, -0.1) is 0 Å². The standard InChI is InChI=1S/C23H31N3O3/c1-22(2)10-16-11-23(3,13-22)14-26(16)21(28)15-5-6-19-17(9-15)18(12-25-19)20(27)24-7-8-29-4/h5-6,9,12,16,25H,7-8,10-11,13-14H2,1-4H3,(H,24,27). The smallest absolute Gasteiger partial charge is 0.254 e. The number of H-pyrrole nitrogens is 1. The Morgan fingerprint density at radius 2 is 2.07 bits per heavy atom. The van der Waals surface area contributed by atoms with E-state index in [2.05, 4.69) is 36.0 Å². The largest absolute Gasteiger partial charge is 0.383 e. The average molecular weight is 398 g/mol. The fourth-order valence-electron chi connectivity index (χ4n) is 5.67. The normalized spacial score (nSPS) is 25.4. The van der Waals surface area contributed by atoms with Crippen LogP contribution in [-0.4, -0.2) is 54.5 Å². The van der Waals surface area contributed by atoms with Crippen LogP contribution in [-0.2, 0) is 4.74 Å². The molecule has 2 atom stereocenters. The van der Waals surface area contributed by atoms with E-state index in [-0.39, 0.29) is 22.6 Å². The van der Waals surface area contributed by atoms with E-state index in [1.54, 1.807) is 13.3 Å². The number of carbonyl (C=O) groups excluding carboxylic acids is 2. The molecule has 2 unspecified atom stereocenters. The summed E-state index contributed by atoms with van der Waals surface area (Å²) >= 11 is 0. The molecule has 0 radical (unpaired) electrons. The Bertz CT molecular complexity index is 948. The third-order valence-corrected chi connectivity index (χ3v) is 6.44. The van der Waals surface area contributed by atoms with Crippen molar-refractivity contribution in [1.82, 2.24) is 15.2 Å². The van der Waals surface area contributed by atoms with E-state index in [4.69, 9.17) is 4.74 Å². The first-order valence-electron chi connectivity index (χ1n) is 10.4. The van der Waals surface area contributed by atoms with E-state index in [0.717, 1.165) is 36.7 Å². The molecule has 1 saturated heterocycles. The zero-order valence-electron chi connectivity index (χ0n) is 17.8. The van der Waals surface area contributed by atoms with Crippen molar-refractivity contribution in [3.63, 3.8) is 0 Å². The number of amides is 2. The number of benzene rings is 1. The van der Waals surface area contributed by atoms with Crippen LogP contribution in [0.5, 0.6) is 0 Å². The minimum Gasteiger partial charge on any atom is -0.383 e. The van der Waals surface area contributed by atoms with Gasteiger partial charge in [-0.05, 0) is 48.3 Å². The van der Waals surface area contributed by atoms with Crippen molar-refractivity contribution in [2.45, 2.75) is 46.1 Å². The second kappa shape index (κ2) is 7.17. The molecule has 1 saturated carbocycles. The van der Waals surface area contributed by atoms with Crippen LogP contribution in [0.2, 0.25) is 0 Å². The average Bonchev–Trinajstić information content (AvgIpc) is 3.17. The van der Waals surface area contributed by atoms with E-state index < -0.39 is 0 Å². The summed E-state index contributed by atoms with van der Waals surface area (Å²) in [4.78, 5) is 31.1. The van der Waals surface area contributed by atoms with Gasteiger partial charge in [0.05, 0.1) is 12.2 Å². The highest BCUT2D eigenvalue weighted by Gasteiger charge is 2.51. The van der Waals surface area contributed by atoms with E-state index in [9.17, 15) is 9.59 Å². The lowest BCUT2D eigenvalue weighted by Crippen LogP contribution is -2.37. The molecule has 1 aliphatic carbocycles. The van der Waals surface area contributed by atoms with Gasteiger partial charge in [-0.1, -0.05) is 20.8 Å². The number of aromatic amines is 1. The van der Waals surface area contributed by atoms with Crippen molar-refractivity contribution < 1.29 is 14.3 Å². The monoisotopic (exact) mass is 397 g/mol. The lowest BCUT2D eigenvalue weighted by Gasteiger charge is -2.39. The number of ether oxygens (including phenoxy) is 1. The third-order valence-electron chi connectivity index (χ3n) is 6.44. The van der Waals surface area contributed by atoms with Gasteiger partial charge in [0.15, 0.2) is 0 Å². The number of nitrogens with one attached hydrogen (secondary N) is 2. The molecule has 2 aromatic rings. The molecular formula is C23H31N3O3. The highest BCUT2D eigenvalue weighted by Crippen LogP contribution is 2.52. The molecule has 6 nitrogen and oxygen atoms in total. The van der Waals surface area contributed by atoms with Gasteiger partial charge in [-0.3, -0.25) is 9.59 Å². The van der Waals surface area contributed by atoms with E-state index in [0.29, 0.717) is 30.3 Å². The van der Waals surface area contributed by atoms with Gasteiger partial charge < -0.3 is 19.9 Å². The summed E-state index contributed by atoms with van der Waals surface area (Å²) in [7, 11) is 1.60. The highest BCUT2D eigenvalue weighted by atomic mass is 16.5. The Hall–Kier alpha value is -2.34. The predicted octanol–water partition coefficient (Wildman–Crippen LogP) is 3.58. The zero-order chi connectivity index (χ0) is 20.8. The SMILES string of the molecule is COCCNC(=O)c1c[nH]c2ccc(C(=O)N3CC4(C)CC3CC(C)(C)C4)cc12. The van der Waals surface area contributed by atoms with Gasteiger partial charge in [0.2, 0.25) is 0 Å². The Kier molecular flexibility index (Phi) is 4.93. The van der Waals surface area contributed by atoms with Gasteiger partial charge in [0, 0.05) is 48.9 Å². The highest BCUT2D eigenvalue weighted by molar-refractivity contribution is 6.09. The summed E-state index contributed by atoms with van der Waals surface area (Å²) in [6, 6.07) is 5.91. The number of methoxy groups -OCH3 is 1. The molecule has 1 aliphatic heterocycles. The summed E-state index contributed by atoms with van der Waals surface area (Å²) in [5, 5.41) is 3.62. The quantitative estimate of drug-likeness (QED) is 0.757. The number of carbonyl (C=O) groups is 2. The molecule has 2 N–H and O–H groups in total. The minimum absolute atomic E-state index is 0.0743. The molecular weight excluding hydrogens is 366 g/mol. The van der Waals surface area contributed by atoms with Crippen molar-refractivity contribution in [3.05, 3.63) is 35.5 Å². The summed E-state index contributed by atoms with van der Waals surface area (Å²) in [5.74, 6) is -0.0885. The molecule has 29 heavy (non-hydrogen) atoms. The number of nitrogens with zero attached hydrogens (tertiary/aromatic N) is 1. The molecule has 2 heterocycles. The molecule has 2 fully saturated rings. The molecule has 1 aromatic heterocycles. The summed E-state index contributed by atoms with van der Waals surface area (Å²) < 4.78 is 4.99. The number of aromatic nitrogens is 1. The van der Waals surface area contributed by atoms with E-state index >= 15 is 0 Å². The first kappa shape index (κ1) is 20.0.